The van der Waals surface area contributed by atoms with E-state index in [1.54, 1.807) is 48.7 Å². The molecule has 3 heterocycles. The Balaban J connectivity index is 1.48. The second kappa shape index (κ2) is 11.3. The molecule has 1 saturated heterocycles. The summed E-state index contributed by atoms with van der Waals surface area (Å²) in [6.45, 7) is 4.59. The maximum atomic E-state index is 13.7. The molecule has 5 atom stereocenters. The summed E-state index contributed by atoms with van der Waals surface area (Å²) in [5, 5.41) is 13.3. The molecule has 5 N–H and O–H groups in total. The molecule has 0 amide bonds. The molecule has 0 radical (unpaired) electrons. The van der Waals surface area contributed by atoms with Crippen molar-refractivity contribution in [1.29, 1.82) is 0 Å². The Bertz CT molecular complexity index is 1350. The highest BCUT2D eigenvalue weighted by Crippen LogP contribution is 2.46. The van der Waals surface area contributed by atoms with E-state index in [9.17, 15) is 14.5 Å². The van der Waals surface area contributed by atoms with E-state index in [-0.39, 0.29) is 30.8 Å². The molecule has 13 nitrogen and oxygen atoms in total. The number of aliphatic hydroxyl groups is 1. The number of carbonyl (C=O) groups is 1. The van der Waals surface area contributed by atoms with Crippen LogP contribution in [0, 0.1) is 4.64 Å². The SMILES string of the molecule is CC(C)OC(=O)[C@@H](C)NP(=O)(OC[C@H]1O[C@@H](n2cnc3c(=S)[nH]c(N)nc32)C[C@@H]1O)Oc1ccccc1. The molecule has 0 bridgehead atoms. The smallest absolute Gasteiger partial charge is 0.459 e. The van der Waals surface area contributed by atoms with Crippen molar-refractivity contribution in [3.8, 4) is 5.75 Å². The van der Waals surface area contributed by atoms with Gasteiger partial charge in [0.15, 0.2) is 5.65 Å². The lowest BCUT2D eigenvalue weighted by atomic mass is 10.2. The van der Waals surface area contributed by atoms with E-state index in [0.29, 0.717) is 15.8 Å². The number of aromatic amines is 1. The lowest BCUT2D eigenvalue weighted by molar-refractivity contribution is -0.149. The quantitative estimate of drug-likeness (QED) is 0.165. The molecule has 37 heavy (non-hydrogen) atoms. The number of anilines is 1. The second-order valence-electron chi connectivity index (χ2n) is 8.74. The van der Waals surface area contributed by atoms with Crippen LogP contribution in [0.1, 0.15) is 33.4 Å². The summed E-state index contributed by atoms with van der Waals surface area (Å²) in [4.78, 5) is 23.5. The van der Waals surface area contributed by atoms with Crippen molar-refractivity contribution in [2.45, 2.75) is 57.8 Å². The lowest BCUT2D eigenvalue weighted by Gasteiger charge is -2.25. The number of aromatic nitrogens is 4. The number of nitrogens with two attached hydrogens (primary N) is 1. The molecular formula is C22H29N6O7PS. The Labute approximate surface area is 217 Å². The zero-order chi connectivity index (χ0) is 26.7. The average molecular weight is 553 g/mol. The second-order valence-corrected chi connectivity index (χ2v) is 10.8. The van der Waals surface area contributed by atoms with Crippen molar-refractivity contribution in [2.24, 2.45) is 0 Å². The average Bonchev–Trinajstić information content (AvgIpc) is 3.41. The van der Waals surface area contributed by atoms with Gasteiger partial charge in [-0.1, -0.05) is 30.4 Å². The third-order valence-corrected chi connectivity index (χ3v) is 7.34. The third kappa shape index (κ3) is 6.53. The number of nitrogens with zero attached hydrogens (tertiary/aromatic N) is 3. The van der Waals surface area contributed by atoms with E-state index >= 15 is 0 Å². The zero-order valence-corrected chi connectivity index (χ0v) is 22.1. The number of nitrogens with one attached hydrogen (secondary N) is 2. The highest BCUT2D eigenvalue weighted by atomic mass is 32.1. The van der Waals surface area contributed by atoms with Crippen LogP contribution in [0.3, 0.4) is 0 Å². The zero-order valence-electron chi connectivity index (χ0n) is 20.4. The van der Waals surface area contributed by atoms with Gasteiger partial charge in [0.05, 0.1) is 25.1 Å². The van der Waals surface area contributed by atoms with E-state index in [0.717, 1.165) is 0 Å². The summed E-state index contributed by atoms with van der Waals surface area (Å²) in [5.41, 5.74) is 6.62. The molecule has 1 aromatic carbocycles. The standard InChI is InChI=1S/C22H29N6O7PS/c1-12(2)33-21(30)13(3)27-36(31,35-14-7-5-4-6-8-14)32-10-16-15(29)9-17(34-16)28-11-24-18-19(28)25-22(23)26-20(18)37/h4-8,11-13,15-17,29H,9-10H2,1-3H3,(H,27,31)(H3,23,25,26,37)/t13-,15+,16-,17-,36?/m1/s1. The van der Waals surface area contributed by atoms with Crippen molar-refractivity contribution in [3.63, 3.8) is 0 Å². The number of benzene rings is 1. The van der Waals surface area contributed by atoms with Gasteiger partial charge < -0.3 is 29.8 Å². The molecule has 1 fully saturated rings. The summed E-state index contributed by atoms with van der Waals surface area (Å²) >= 11 is 5.24. The number of carbonyl (C=O) groups excluding carboxylic acids is 1. The van der Waals surface area contributed by atoms with Gasteiger partial charge in [-0.3, -0.25) is 13.9 Å². The van der Waals surface area contributed by atoms with Crippen molar-refractivity contribution in [1.82, 2.24) is 24.6 Å². The summed E-state index contributed by atoms with van der Waals surface area (Å²) in [7, 11) is -4.11. The largest absolute Gasteiger partial charge is 0.462 e. The van der Waals surface area contributed by atoms with Gasteiger partial charge in [0.25, 0.3) is 0 Å². The number of esters is 1. The highest BCUT2D eigenvalue weighted by Gasteiger charge is 2.39. The molecule has 4 rings (SSSR count). The minimum absolute atomic E-state index is 0.118. The molecule has 200 valence electrons. The summed E-state index contributed by atoms with van der Waals surface area (Å²) in [5.74, 6) is -0.240. The van der Waals surface area contributed by atoms with Crippen molar-refractivity contribution >= 4 is 43.0 Å². The molecule has 0 spiro atoms. The number of aliphatic hydroxyl groups excluding tert-OH is 1. The predicted molar refractivity (Wildman–Crippen MR) is 136 cm³/mol. The predicted octanol–water partition coefficient (Wildman–Crippen LogP) is 2.85. The van der Waals surface area contributed by atoms with E-state index in [1.807, 2.05) is 0 Å². The monoisotopic (exact) mass is 552 g/mol. The van der Waals surface area contributed by atoms with Gasteiger partial charge in [-0.2, -0.15) is 10.1 Å². The normalized spacial score (nSPS) is 22.1. The van der Waals surface area contributed by atoms with Gasteiger partial charge in [0.2, 0.25) is 5.95 Å². The van der Waals surface area contributed by atoms with Gasteiger partial charge in [0, 0.05) is 6.42 Å². The Hall–Kier alpha value is -2.87. The first-order chi connectivity index (χ1) is 17.5. The van der Waals surface area contributed by atoms with Crippen LogP contribution in [0.4, 0.5) is 5.95 Å². The first-order valence-electron chi connectivity index (χ1n) is 11.6. The first kappa shape index (κ1) is 27.2. The summed E-state index contributed by atoms with van der Waals surface area (Å²) < 4.78 is 38.0. The number of imidazole rings is 1. The van der Waals surface area contributed by atoms with Gasteiger partial charge in [-0.05, 0) is 32.9 Å². The van der Waals surface area contributed by atoms with Gasteiger partial charge >= 0.3 is 13.7 Å². The molecule has 1 aliphatic rings. The number of rotatable bonds is 10. The van der Waals surface area contributed by atoms with Crippen LogP contribution in [0.5, 0.6) is 5.75 Å². The molecule has 1 unspecified atom stereocenters. The fourth-order valence-corrected chi connectivity index (χ4v) is 5.45. The van der Waals surface area contributed by atoms with Crippen LogP contribution < -0.4 is 15.3 Å². The number of nitrogen functional groups attached to an aromatic ring is 1. The number of fused-ring (bicyclic) bond motifs is 1. The number of hydrogen-bond acceptors (Lipinski definition) is 11. The van der Waals surface area contributed by atoms with Gasteiger partial charge in [0.1, 0.15) is 34.3 Å². The fourth-order valence-electron chi connectivity index (χ4n) is 3.70. The maximum Gasteiger partial charge on any atom is 0.459 e. The Morgan fingerprint density at radius 3 is 2.81 bits per heavy atom. The molecule has 3 aromatic rings. The minimum Gasteiger partial charge on any atom is -0.462 e. The van der Waals surface area contributed by atoms with Crippen molar-refractivity contribution < 1.29 is 33.0 Å². The Morgan fingerprint density at radius 2 is 2.11 bits per heavy atom. The molecular weight excluding hydrogens is 523 g/mol. The summed E-state index contributed by atoms with van der Waals surface area (Å²) in [6.07, 6.45) is -1.17. The molecule has 0 aliphatic carbocycles. The van der Waals surface area contributed by atoms with Crippen LogP contribution in [0.15, 0.2) is 36.7 Å². The van der Waals surface area contributed by atoms with E-state index < -0.39 is 38.2 Å². The first-order valence-corrected chi connectivity index (χ1v) is 13.5. The van der Waals surface area contributed by atoms with Gasteiger partial charge in [-0.25, -0.2) is 9.55 Å². The Morgan fingerprint density at radius 1 is 1.38 bits per heavy atom. The number of ether oxygens (including phenoxy) is 2. The van der Waals surface area contributed by atoms with Crippen LogP contribution in [0.2, 0.25) is 0 Å². The van der Waals surface area contributed by atoms with Crippen LogP contribution in [0.25, 0.3) is 11.2 Å². The highest BCUT2D eigenvalue weighted by molar-refractivity contribution is 7.71. The van der Waals surface area contributed by atoms with Crippen LogP contribution in [-0.2, 0) is 23.4 Å². The van der Waals surface area contributed by atoms with Crippen molar-refractivity contribution in [2.75, 3.05) is 12.3 Å². The van der Waals surface area contributed by atoms with Crippen LogP contribution >= 0.6 is 20.0 Å². The fraction of sp³-hybridized carbons (Fsp3) is 0.455. The number of para-hydroxylation sites is 1. The number of H-pyrrole nitrogens is 1. The molecule has 0 saturated carbocycles. The maximum absolute atomic E-state index is 13.7. The molecule has 1 aliphatic heterocycles. The lowest BCUT2D eigenvalue weighted by Crippen LogP contribution is -2.37. The molecule has 15 heteroatoms. The van der Waals surface area contributed by atoms with E-state index in [1.165, 1.54) is 13.3 Å². The molecule has 2 aromatic heterocycles. The van der Waals surface area contributed by atoms with Gasteiger partial charge in [-0.15, -0.1) is 0 Å². The third-order valence-electron chi connectivity index (χ3n) is 5.40. The summed E-state index contributed by atoms with van der Waals surface area (Å²) in [6, 6.07) is 7.36. The van der Waals surface area contributed by atoms with E-state index in [2.05, 4.69) is 20.0 Å². The Kier molecular flexibility index (Phi) is 8.26. The van der Waals surface area contributed by atoms with E-state index in [4.69, 9.17) is 36.5 Å². The van der Waals surface area contributed by atoms with Crippen molar-refractivity contribution in [3.05, 3.63) is 41.3 Å². The minimum atomic E-state index is -4.11. The number of hydrogen-bond donors (Lipinski definition) is 4. The van der Waals surface area contributed by atoms with Crippen LogP contribution in [-0.4, -0.2) is 61.6 Å². The topological polar surface area (TPSA) is 176 Å².